The lowest BCUT2D eigenvalue weighted by Gasteiger charge is -2.37. The molecule has 5 rings (SSSR count). The molecule has 1 N–H and O–H groups in total. The lowest BCUT2D eigenvalue weighted by atomic mass is 9.88. The quantitative estimate of drug-likeness (QED) is 0.392. The van der Waals surface area contributed by atoms with Crippen LogP contribution in [0.15, 0.2) is 36.4 Å². The second-order valence-corrected chi connectivity index (χ2v) is 15.6. The number of pyridine rings is 1. The number of aromatic nitrogens is 1. The van der Waals surface area contributed by atoms with E-state index in [9.17, 15) is 18.3 Å². The largest absolute Gasteiger partial charge is 0.480 e. The molecule has 3 atom stereocenters. The molecule has 43 heavy (non-hydrogen) atoms. The van der Waals surface area contributed by atoms with E-state index in [1.165, 1.54) is 4.31 Å². The number of carboxylic acid groups (broad SMARTS) is 1. The fourth-order valence-corrected chi connectivity index (χ4v) is 8.68. The van der Waals surface area contributed by atoms with Gasteiger partial charge in [-0.3, -0.25) is 4.79 Å². The van der Waals surface area contributed by atoms with Crippen molar-refractivity contribution >= 4 is 16.0 Å². The van der Waals surface area contributed by atoms with Crippen molar-refractivity contribution in [1.82, 2.24) is 9.29 Å². The van der Waals surface area contributed by atoms with Gasteiger partial charge in [0, 0.05) is 37.6 Å². The summed E-state index contributed by atoms with van der Waals surface area (Å²) in [5.41, 5.74) is 3.80. The van der Waals surface area contributed by atoms with E-state index in [0.717, 1.165) is 22.4 Å². The van der Waals surface area contributed by atoms with Gasteiger partial charge in [0.05, 0.1) is 30.1 Å². The lowest BCUT2D eigenvalue weighted by molar-refractivity contribution is -0.159. The summed E-state index contributed by atoms with van der Waals surface area (Å²) >= 11 is 0. The molecule has 2 aromatic rings. The van der Waals surface area contributed by atoms with Crippen molar-refractivity contribution in [2.24, 2.45) is 0 Å². The highest BCUT2D eigenvalue weighted by molar-refractivity contribution is 7.91. The zero-order valence-corrected chi connectivity index (χ0v) is 26.8. The number of hydrogen-bond donors (Lipinski definition) is 1. The molecule has 1 unspecified atom stereocenters. The molecule has 1 saturated carbocycles. The number of rotatable bonds is 9. The molecular weight excluding hydrogens is 572 g/mol. The monoisotopic (exact) mass is 616 g/mol. The first kappa shape index (κ1) is 31.8. The highest BCUT2D eigenvalue weighted by atomic mass is 32.2. The van der Waals surface area contributed by atoms with Gasteiger partial charge in [-0.15, -0.1) is 0 Å². The average Bonchev–Trinajstić information content (AvgIpc) is 3.42. The molecule has 3 aliphatic rings. The molecule has 2 aliphatic heterocycles. The standard InChI is InChI=1S/C32H44N2O8S/c1-21-18-23(10-11-24(21)25-8-7-9-28(33-25)39-16-17-40-30(2,3)4)22-12-14-34(15-13-22)43(37,38)32(29(35)36)19-26-27(20-32)42-31(5,6)41-26/h7-11,18,22,26-27H,12-17,19-20H2,1-6H3,(H,35,36)/t26-,27+,32?. The molecule has 0 spiro atoms. The molecule has 10 nitrogen and oxygen atoms in total. The van der Waals surface area contributed by atoms with E-state index in [4.69, 9.17) is 18.9 Å². The van der Waals surface area contributed by atoms with Crippen molar-refractivity contribution in [3.63, 3.8) is 0 Å². The van der Waals surface area contributed by atoms with Gasteiger partial charge in [0.25, 0.3) is 0 Å². The normalized spacial score (nSPS) is 26.4. The molecular formula is C32H44N2O8S. The first-order valence-electron chi connectivity index (χ1n) is 15.0. The van der Waals surface area contributed by atoms with Crippen molar-refractivity contribution in [3.8, 4) is 17.1 Å². The molecule has 3 fully saturated rings. The van der Waals surface area contributed by atoms with Crippen LogP contribution in [0.5, 0.6) is 5.88 Å². The minimum atomic E-state index is -4.13. The van der Waals surface area contributed by atoms with Crippen LogP contribution in [0.3, 0.4) is 0 Å². The van der Waals surface area contributed by atoms with Crippen molar-refractivity contribution in [1.29, 1.82) is 0 Å². The molecule has 1 aromatic carbocycles. The molecule has 236 valence electrons. The van der Waals surface area contributed by atoms with Crippen LogP contribution in [0.1, 0.15) is 77.3 Å². The Bertz CT molecular complexity index is 1430. The van der Waals surface area contributed by atoms with Crippen LogP contribution in [0, 0.1) is 6.92 Å². The fraction of sp³-hybridized carbons (Fsp3) is 0.625. The first-order chi connectivity index (χ1) is 20.1. The number of fused-ring (bicyclic) bond motifs is 1. The Hall–Kier alpha value is -2.57. The predicted molar refractivity (Wildman–Crippen MR) is 162 cm³/mol. The smallest absolute Gasteiger partial charge is 0.326 e. The van der Waals surface area contributed by atoms with Gasteiger partial charge in [0.2, 0.25) is 15.9 Å². The summed E-state index contributed by atoms with van der Waals surface area (Å²) in [6, 6.07) is 12.0. The number of nitrogens with zero attached hydrogens (tertiary/aromatic N) is 2. The van der Waals surface area contributed by atoms with Gasteiger partial charge < -0.3 is 24.1 Å². The van der Waals surface area contributed by atoms with E-state index in [2.05, 4.69) is 23.2 Å². The van der Waals surface area contributed by atoms with E-state index in [1.807, 2.05) is 45.9 Å². The maximum atomic E-state index is 13.8. The van der Waals surface area contributed by atoms with E-state index < -0.39 is 38.7 Å². The maximum absolute atomic E-state index is 13.8. The summed E-state index contributed by atoms with van der Waals surface area (Å²) in [4.78, 5) is 17.2. The van der Waals surface area contributed by atoms with Gasteiger partial charge in [-0.05, 0) is 77.5 Å². The first-order valence-corrected chi connectivity index (χ1v) is 16.5. The van der Waals surface area contributed by atoms with Gasteiger partial charge >= 0.3 is 5.97 Å². The fourth-order valence-electron chi connectivity index (χ4n) is 6.53. The Morgan fingerprint density at radius 1 is 1.07 bits per heavy atom. The van der Waals surface area contributed by atoms with E-state index in [-0.39, 0.29) is 37.5 Å². The zero-order chi connectivity index (χ0) is 31.2. The predicted octanol–water partition coefficient (Wildman–Crippen LogP) is 4.90. The molecule has 2 saturated heterocycles. The van der Waals surface area contributed by atoms with E-state index in [0.29, 0.717) is 31.9 Å². The third kappa shape index (κ3) is 6.61. The van der Waals surface area contributed by atoms with Crippen molar-refractivity contribution < 1.29 is 37.3 Å². The van der Waals surface area contributed by atoms with Crippen molar-refractivity contribution in [2.75, 3.05) is 26.3 Å². The van der Waals surface area contributed by atoms with E-state index >= 15 is 0 Å². The Kier molecular flexibility index (Phi) is 8.69. The SMILES string of the molecule is Cc1cc(C2CCN(S(=O)(=O)C3(C(=O)O)C[C@@H]4OC(C)(C)O[C@@H]4C3)CC2)ccc1-c1cccc(OCCOC(C)(C)C)n1. The number of carbonyl (C=O) groups is 1. The second kappa shape index (κ2) is 11.7. The van der Waals surface area contributed by atoms with Gasteiger partial charge in [0.15, 0.2) is 10.5 Å². The summed E-state index contributed by atoms with van der Waals surface area (Å²) < 4.78 is 50.3. The summed E-state index contributed by atoms with van der Waals surface area (Å²) in [7, 11) is -4.13. The molecule has 11 heteroatoms. The number of ether oxygens (including phenoxy) is 4. The third-order valence-corrected chi connectivity index (χ3v) is 11.2. The molecule has 0 amide bonds. The number of hydrogen-bond acceptors (Lipinski definition) is 8. The van der Waals surface area contributed by atoms with Gasteiger partial charge in [-0.1, -0.05) is 24.3 Å². The minimum absolute atomic E-state index is 0.107. The van der Waals surface area contributed by atoms with Crippen LogP contribution in [0.2, 0.25) is 0 Å². The molecule has 1 aliphatic carbocycles. The van der Waals surface area contributed by atoms with Crippen molar-refractivity contribution in [2.45, 2.75) is 101 Å². The number of benzene rings is 1. The zero-order valence-electron chi connectivity index (χ0n) is 26.0. The lowest BCUT2D eigenvalue weighted by Crippen LogP contribution is -2.54. The number of aliphatic carboxylic acids is 1. The van der Waals surface area contributed by atoms with Crippen LogP contribution >= 0.6 is 0 Å². The summed E-state index contributed by atoms with van der Waals surface area (Å²) in [6.45, 7) is 13.0. The molecule has 0 bridgehead atoms. The Balaban J connectivity index is 1.22. The van der Waals surface area contributed by atoms with Crippen LogP contribution in [0.25, 0.3) is 11.3 Å². The van der Waals surface area contributed by atoms with E-state index in [1.54, 1.807) is 13.8 Å². The van der Waals surface area contributed by atoms with Gasteiger partial charge in [-0.2, -0.15) is 0 Å². The summed E-state index contributed by atoms with van der Waals surface area (Å²) in [6.07, 6.45) is -0.0972. The molecule has 1 aromatic heterocycles. The van der Waals surface area contributed by atoms with Gasteiger partial charge in [0.1, 0.15) is 6.61 Å². The highest BCUT2D eigenvalue weighted by Gasteiger charge is 2.65. The number of sulfonamides is 1. The second-order valence-electron chi connectivity index (χ2n) is 13.3. The minimum Gasteiger partial charge on any atom is -0.480 e. The Morgan fingerprint density at radius 2 is 1.72 bits per heavy atom. The highest BCUT2D eigenvalue weighted by Crippen LogP contribution is 2.48. The van der Waals surface area contributed by atoms with Crippen LogP contribution in [-0.4, -0.2) is 83.4 Å². The third-order valence-electron chi connectivity index (χ3n) is 8.61. The van der Waals surface area contributed by atoms with Gasteiger partial charge in [-0.25, -0.2) is 17.7 Å². The summed E-state index contributed by atoms with van der Waals surface area (Å²) in [5.74, 6) is -1.47. The van der Waals surface area contributed by atoms with Crippen molar-refractivity contribution in [3.05, 3.63) is 47.5 Å². The van der Waals surface area contributed by atoms with Crippen LogP contribution < -0.4 is 4.74 Å². The molecule has 0 radical (unpaired) electrons. The number of carboxylic acids is 1. The van der Waals surface area contributed by atoms with Crippen LogP contribution in [0.4, 0.5) is 0 Å². The maximum Gasteiger partial charge on any atom is 0.326 e. The van der Waals surface area contributed by atoms with Crippen LogP contribution in [-0.2, 0) is 29.0 Å². The average molecular weight is 617 g/mol. The Morgan fingerprint density at radius 3 is 2.30 bits per heavy atom. The topological polar surface area (TPSA) is 124 Å². The Labute approximate surface area is 254 Å². The number of piperidine rings is 1. The number of aryl methyl sites for hydroxylation is 1. The molecule has 3 heterocycles. The summed E-state index contributed by atoms with van der Waals surface area (Å²) in [5, 5.41) is 10.2.